The Balaban J connectivity index is 2.07. The van der Waals surface area contributed by atoms with E-state index in [-0.39, 0.29) is 0 Å². The quantitative estimate of drug-likeness (QED) is 0.450. The molecule has 0 spiro atoms. The van der Waals surface area contributed by atoms with Crippen molar-refractivity contribution in [2.24, 2.45) is 5.92 Å². The summed E-state index contributed by atoms with van der Waals surface area (Å²) in [5.74, 6) is 0.865. The van der Waals surface area contributed by atoms with Crippen LogP contribution in [0.3, 0.4) is 0 Å². The van der Waals surface area contributed by atoms with E-state index in [2.05, 4.69) is 18.2 Å². The SMILES string of the molecule is C1=CC(C2=CCC2)C1. The minimum absolute atomic E-state index is 0.865. The molecular formula is C8H10. The van der Waals surface area contributed by atoms with Crippen LogP contribution in [-0.4, -0.2) is 0 Å². The lowest BCUT2D eigenvalue weighted by Gasteiger charge is -2.25. The number of hydrogen-bond donors (Lipinski definition) is 0. The molecule has 2 rings (SSSR count). The summed E-state index contributed by atoms with van der Waals surface area (Å²) in [6.07, 6.45) is 10.9. The van der Waals surface area contributed by atoms with Crippen molar-refractivity contribution in [3.05, 3.63) is 23.8 Å². The van der Waals surface area contributed by atoms with Crippen LogP contribution >= 0.6 is 0 Å². The Morgan fingerprint density at radius 2 is 2.25 bits per heavy atom. The lowest BCUT2D eigenvalue weighted by atomic mass is 9.80. The molecule has 0 aliphatic heterocycles. The van der Waals surface area contributed by atoms with Crippen molar-refractivity contribution in [2.75, 3.05) is 0 Å². The van der Waals surface area contributed by atoms with Crippen molar-refractivity contribution < 1.29 is 0 Å². The van der Waals surface area contributed by atoms with E-state index in [0.717, 1.165) is 5.92 Å². The molecule has 0 N–H and O–H groups in total. The minimum atomic E-state index is 0.865. The monoisotopic (exact) mass is 106 g/mol. The lowest BCUT2D eigenvalue weighted by molar-refractivity contribution is 0.632. The average Bonchev–Trinajstić information content (AvgIpc) is 1.47. The Bertz CT molecular complexity index is 151. The van der Waals surface area contributed by atoms with Crippen LogP contribution in [0.4, 0.5) is 0 Å². The normalized spacial score (nSPS) is 33.0. The highest BCUT2D eigenvalue weighted by Crippen LogP contribution is 2.33. The second-order valence-corrected chi connectivity index (χ2v) is 2.59. The van der Waals surface area contributed by atoms with Crippen LogP contribution in [0.2, 0.25) is 0 Å². The van der Waals surface area contributed by atoms with Crippen LogP contribution in [0, 0.1) is 5.92 Å². The summed E-state index contributed by atoms with van der Waals surface area (Å²) in [7, 11) is 0. The van der Waals surface area contributed by atoms with Crippen LogP contribution in [0.1, 0.15) is 19.3 Å². The molecule has 0 heterocycles. The maximum Gasteiger partial charge on any atom is 0.00113 e. The zero-order chi connectivity index (χ0) is 5.40. The Morgan fingerprint density at radius 3 is 2.38 bits per heavy atom. The predicted molar refractivity (Wildman–Crippen MR) is 34.6 cm³/mol. The van der Waals surface area contributed by atoms with Crippen molar-refractivity contribution in [2.45, 2.75) is 19.3 Å². The topological polar surface area (TPSA) is 0 Å². The van der Waals surface area contributed by atoms with Gasteiger partial charge >= 0.3 is 0 Å². The first-order chi connectivity index (χ1) is 3.97. The van der Waals surface area contributed by atoms with Gasteiger partial charge in [0.1, 0.15) is 0 Å². The fraction of sp³-hybridized carbons (Fsp3) is 0.500. The van der Waals surface area contributed by atoms with Gasteiger partial charge in [-0.05, 0) is 19.3 Å². The molecule has 0 fully saturated rings. The van der Waals surface area contributed by atoms with Gasteiger partial charge in [0.15, 0.2) is 0 Å². The molecule has 0 saturated carbocycles. The molecule has 1 unspecified atom stereocenters. The molecule has 0 heteroatoms. The molecule has 0 nitrogen and oxygen atoms in total. The summed E-state index contributed by atoms with van der Waals surface area (Å²) in [5.41, 5.74) is 1.69. The number of hydrogen-bond acceptors (Lipinski definition) is 0. The molecule has 1 atom stereocenters. The van der Waals surface area contributed by atoms with Crippen LogP contribution < -0.4 is 0 Å². The summed E-state index contributed by atoms with van der Waals surface area (Å²) in [4.78, 5) is 0. The third-order valence-electron chi connectivity index (χ3n) is 2.07. The highest BCUT2D eigenvalue weighted by atomic mass is 14.2. The molecule has 0 bridgehead atoms. The van der Waals surface area contributed by atoms with E-state index in [9.17, 15) is 0 Å². The second-order valence-electron chi connectivity index (χ2n) is 2.59. The molecule has 2 aliphatic rings. The van der Waals surface area contributed by atoms with Crippen LogP contribution in [0.25, 0.3) is 0 Å². The molecule has 0 amide bonds. The van der Waals surface area contributed by atoms with E-state index < -0.39 is 0 Å². The summed E-state index contributed by atoms with van der Waals surface area (Å²) < 4.78 is 0. The van der Waals surface area contributed by atoms with Crippen molar-refractivity contribution in [1.82, 2.24) is 0 Å². The predicted octanol–water partition coefficient (Wildman–Crippen LogP) is 2.28. The molecule has 0 aromatic heterocycles. The van der Waals surface area contributed by atoms with E-state index >= 15 is 0 Å². The van der Waals surface area contributed by atoms with E-state index in [1.807, 2.05) is 0 Å². The van der Waals surface area contributed by atoms with Gasteiger partial charge in [0.05, 0.1) is 0 Å². The maximum absolute atomic E-state index is 2.37. The molecular weight excluding hydrogens is 96.1 g/mol. The van der Waals surface area contributed by atoms with Gasteiger partial charge in [-0.2, -0.15) is 0 Å². The first kappa shape index (κ1) is 4.37. The molecule has 0 aromatic rings. The first-order valence-corrected chi connectivity index (χ1v) is 3.32. The van der Waals surface area contributed by atoms with Crippen LogP contribution in [-0.2, 0) is 0 Å². The van der Waals surface area contributed by atoms with Crippen molar-refractivity contribution >= 4 is 0 Å². The van der Waals surface area contributed by atoms with Gasteiger partial charge in [0.2, 0.25) is 0 Å². The maximum atomic E-state index is 2.37. The van der Waals surface area contributed by atoms with Crippen LogP contribution in [0.5, 0.6) is 0 Å². The zero-order valence-corrected chi connectivity index (χ0v) is 4.93. The fourth-order valence-electron chi connectivity index (χ4n) is 1.19. The van der Waals surface area contributed by atoms with Gasteiger partial charge in [0.25, 0.3) is 0 Å². The smallest absolute Gasteiger partial charge is 0.00113 e. The third-order valence-corrected chi connectivity index (χ3v) is 2.07. The molecule has 8 heavy (non-hydrogen) atoms. The standard InChI is InChI=1S/C8H10/c1-3-7(4-1)8-5-2-6-8/h1,3,5,7H,2,4,6H2. The molecule has 0 aromatic carbocycles. The molecule has 42 valence electrons. The minimum Gasteiger partial charge on any atom is -0.0870 e. The van der Waals surface area contributed by atoms with E-state index in [1.165, 1.54) is 19.3 Å². The van der Waals surface area contributed by atoms with E-state index in [0.29, 0.717) is 0 Å². The van der Waals surface area contributed by atoms with Gasteiger partial charge < -0.3 is 0 Å². The number of allylic oxidation sites excluding steroid dienone is 4. The van der Waals surface area contributed by atoms with E-state index in [1.54, 1.807) is 5.57 Å². The fourth-order valence-corrected chi connectivity index (χ4v) is 1.19. The van der Waals surface area contributed by atoms with Gasteiger partial charge in [0, 0.05) is 5.92 Å². The van der Waals surface area contributed by atoms with Crippen molar-refractivity contribution in [3.63, 3.8) is 0 Å². The highest BCUT2D eigenvalue weighted by Gasteiger charge is 2.18. The van der Waals surface area contributed by atoms with Crippen LogP contribution in [0.15, 0.2) is 23.8 Å². The molecule has 0 radical (unpaired) electrons. The first-order valence-electron chi connectivity index (χ1n) is 3.32. The summed E-state index contributed by atoms with van der Waals surface area (Å²) >= 11 is 0. The third kappa shape index (κ3) is 0.459. The zero-order valence-electron chi connectivity index (χ0n) is 4.93. The summed E-state index contributed by atoms with van der Waals surface area (Å²) in [6, 6.07) is 0. The summed E-state index contributed by atoms with van der Waals surface area (Å²) in [6.45, 7) is 0. The Labute approximate surface area is 49.9 Å². The Hall–Kier alpha value is -0.520. The van der Waals surface area contributed by atoms with Gasteiger partial charge in [-0.3, -0.25) is 0 Å². The second kappa shape index (κ2) is 1.48. The highest BCUT2D eigenvalue weighted by molar-refractivity contribution is 5.25. The van der Waals surface area contributed by atoms with E-state index in [4.69, 9.17) is 0 Å². The van der Waals surface area contributed by atoms with Gasteiger partial charge in [-0.15, -0.1) is 0 Å². The Morgan fingerprint density at radius 1 is 1.50 bits per heavy atom. The molecule has 2 aliphatic carbocycles. The number of rotatable bonds is 1. The van der Waals surface area contributed by atoms with Crippen molar-refractivity contribution in [3.8, 4) is 0 Å². The van der Waals surface area contributed by atoms with Gasteiger partial charge in [-0.25, -0.2) is 0 Å². The average molecular weight is 106 g/mol. The summed E-state index contributed by atoms with van der Waals surface area (Å²) in [5, 5.41) is 0. The van der Waals surface area contributed by atoms with Crippen molar-refractivity contribution in [1.29, 1.82) is 0 Å². The van der Waals surface area contributed by atoms with Gasteiger partial charge in [-0.1, -0.05) is 23.8 Å². The Kier molecular flexibility index (Phi) is 0.806. The lowest BCUT2D eigenvalue weighted by Crippen LogP contribution is -2.10. The molecule has 0 saturated heterocycles. The largest absolute Gasteiger partial charge is 0.0870 e.